The van der Waals surface area contributed by atoms with Gasteiger partial charge in [0, 0.05) is 42.1 Å². The van der Waals surface area contributed by atoms with Crippen molar-refractivity contribution in [2.45, 2.75) is 19.9 Å². The van der Waals surface area contributed by atoms with Gasteiger partial charge in [0.15, 0.2) is 0 Å². The highest BCUT2D eigenvalue weighted by atomic mass is 35.5. The first kappa shape index (κ1) is 19.9. The van der Waals surface area contributed by atoms with Gasteiger partial charge in [-0.2, -0.15) is 0 Å². The van der Waals surface area contributed by atoms with Crippen molar-refractivity contribution in [2.24, 2.45) is 0 Å². The SMILES string of the molecule is CC(C)NC(=O)CN1CCN(C(=O)c2ccc(-c3ccc(Cl)cc3)s2)CC1. The van der Waals surface area contributed by atoms with Gasteiger partial charge in [0.05, 0.1) is 11.4 Å². The fourth-order valence-electron chi connectivity index (χ4n) is 3.06. The number of hydrogen-bond donors (Lipinski definition) is 1. The molecule has 2 amide bonds. The second-order valence-electron chi connectivity index (χ2n) is 6.96. The molecule has 1 aliphatic heterocycles. The number of carbonyl (C=O) groups excluding carboxylic acids is 2. The molecule has 0 bridgehead atoms. The van der Waals surface area contributed by atoms with Crippen LogP contribution in [0.4, 0.5) is 0 Å². The Bertz CT molecular complexity index is 796. The summed E-state index contributed by atoms with van der Waals surface area (Å²) >= 11 is 7.44. The van der Waals surface area contributed by atoms with Gasteiger partial charge < -0.3 is 10.2 Å². The molecule has 27 heavy (non-hydrogen) atoms. The Morgan fingerprint density at radius 3 is 2.37 bits per heavy atom. The zero-order chi connectivity index (χ0) is 19.4. The molecule has 3 rings (SSSR count). The number of benzene rings is 1. The van der Waals surface area contributed by atoms with Crippen LogP contribution in [0.5, 0.6) is 0 Å². The number of nitrogens with one attached hydrogen (secondary N) is 1. The van der Waals surface area contributed by atoms with Gasteiger partial charge in [0.25, 0.3) is 5.91 Å². The van der Waals surface area contributed by atoms with E-state index in [-0.39, 0.29) is 17.9 Å². The lowest BCUT2D eigenvalue weighted by Gasteiger charge is -2.34. The molecule has 5 nitrogen and oxygen atoms in total. The van der Waals surface area contributed by atoms with E-state index in [0.717, 1.165) is 15.3 Å². The van der Waals surface area contributed by atoms with Crippen LogP contribution in [0.15, 0.2) is 36.4 Å². The third-order valence-corrected chi connectivity index (χ3v) is 5.80. The second-order valence-corrected chi connectivity index (χ2v) is 8.48. The van der Waals surface area contributed by atoms with Crippen molar-refractivity contribution >= 4 is 34.8 Å². The van der Waals surface area contributed by atoms with Gasteiger partial charge in [-0.05, 0) is 43.7 Å². The van der Waals surface area contributed by atoms with Crippen LogP contribution in [-0.2, 0) is 4.79 Å². The number of carbonyl (C=O) groups is 2. The highest BCUT2D eigenvalue weighted by Gasteiger charge is 2.24. The van der Waals surface area contributed by atoms with Gasteiger partial charge in [0.2, 0.25) is 5.91 Å². The fourth-order valence-corrected chi connectivity index (χ4v) is 4.16. The van der Waals surface area contributed by atoms with Gasteiger partial charge in [-0.1, -0.05) is 23.7 Å². The van der Waals surface area contributed by atoms with Crippen molar-refractivity contribution in [2.75, 3.05) is 32.7 Å². The van der Waals surface area contributed by atoms with E-state index >= 15 is 0 Å². The Hall–Kier alpha value is -1.89. The van der Waals surface area contributed by atoms with E-state index in [2.05, 4.69) is 10.2 Å². The third kappa shape index (κ3) is 5.31. The van der Waals surface area contributed by atoms with Crippen molar-refractivity contribution in [3.8, 4) is 10.4 Å². The topological polar surface area (TPSA) is 52.7 Å². The number of hydrogen-bond acceptors (Lipinski definition) is 4. The average molecular weight is 406 g/mol. The van der Waals surface area contributed by atoms with E-state index in [1.165, 1.54) is 11.3 Å². The molecule has 0 spiro atoms. The van der Waals surface area contributed by atoms with Gasteiger partial charge in [-0.3, -0.25) is 14.5 Å². The number of amides is 2. The molecule has 2 heterocycles. The van der Waals surface area contributed by atoms with Gasteiger partial charge in [-0.15, -0.1) is 11.3 Å². The molecule has 0 atom stereocenters. The summed E-state index contributed by atoms with van der Waals surface area (Å²) in [6.07, 6.45) is 0. The molecular weight excluding hydrogens is 382 g/mol. The first-order valence-corrected chi connectivity index (χ1v) is 10.3. The molecule has 1 aliphatic rings. The van der Waals surface area contributed by atoms with Gasteiger partial charge >= 0.3 is 0 Å². The molecule has 0 radical (unpaired) electrons. The van der Waals surface area contributed by atoms with Crippen LogP contribution in [0.2, 0.25) is 5.02 Å². The summed E-state index contributed by atoms with van der Waals surface area (Å²) in [6.45, 7) is 7.00. The van der Waals surface area contributed by atoms with Gasteiger partial charge in [-0.25, -0.2) is 0 Å². The molecule has 1 aromatic heterocycles. The summed E-state index contributed by atoms with van der Waals surface area (Å²) in [5, 5.41) is 3.60. The van der Waals surface area contributed by atoms with Crippen LogP contribution in [0.25, 0.3) is 10.4 Å². The lowest BCUT2D eigenvalue weighted by atomic mass is 10.2. The van der Waals surface area contributed by atoms with Crippen molar-refractivity contribution in [1.82, 2.24) is 15.1 Å². The first-order chi connectivity index (χ1) is 12.9. The quantitative estimate of drug-likeness (QED) is 0.829. The minimum absolute atomic E-state index is 0.0376. The van der Waals surface area contributed by atoms with Crippen LogP contribution in [0.3, 0.4) is 0 Å². The molecule has 144 valence electrons. The minimum Gasteiger partial charge on any atom is -0.353 e. The van der Waals surface area contributed by atoms with E-state index in [4.69, 9.17) is 11.6 Å². The highest BCUT2D eigenvalue weighted by Crippen LogP contribution is 2.29. The van der Waals surface area contributed by atoms with E-state index in [1.807, 2.05) is 55.1 Å². The number of rotatable bonds is 5. The normalized spacial score (nSPS) is 15.2. The minimum atomic E-state index is 0.0376. The summed E-state index contributed by atoms with van der Waals surface area (Å²) in [5.74, 6) is 0.0992. The number of halogens is 1. The van der Waals surface area contributed by atoms with Crippen molar-refractivity contribution in [3.63, 3.8) is 0 Å². The zero-order valence-electron chi connectivity index (χ0n) is 15.6. The first-order valence-electron chi connectivity index (χ1n) is 9.09. The Balaban J connectivity index is 1.55. The number of thiophene rings is 1. The Labute approximate surface area is 168 Å². The molecule has 1 fully saturated rings. The van der Waals surface area contributed by atoms with Crippen LogP contribution in [0.1, 0.15) is 23.5 Å². The molecule has 7 heteroatoms. The molecule has 0 unspecified atom stereocenters. The Morgan fingerprint density at radius 1 is 1.07 bits per heavy atom. The number of piperazine rings is 1. The highest BCUT2D eigenvalue weighted by molar-refractivity contribution is 7.17. The van der Waals surface area contributed by atoms with Crippen molar-refractivity contribution in [1.29, 1.82) is 0 Å². The molecule has 1 N–H and O–H groups in total. The fraction of sp³-hybridized carbons (Fsp3) is 0.400. The van der Waals surface area contributed by atoms with Crippen molar-refractivity contribution in [3.05, 3.63) is 46.3 Å². The predicted molar refractivity (Wildman–Crippen MR) is 110 cm³/mol. The monoisotopic (exact) mass is 405 g/mol. The van der Waals surface area contributed by atoms with Crippen LogP contribution in [-0.4, -0.2) is 60.4 Å². The predicted octanol–water partition coefficient (Wildman–Crippen LogP) is 3.35. The maximum atomic E-state index is 12.8. The molecule has 1 aromatic carbocycles. The number of nitrogens with zero attached hydrogens (tertiary/aromatic N) is 2. The van der Waals surface area contributed by atoms with Crippen LogP contribution < -0.4 is 5.32 Å². The van der Waals surface area contributed by atoms with E-state index in [9.17, 15) is 9.59 Å². The molecule has 0 saturated carbocycles. The molecular formula is C20H24ClN3O2S. The summed E-state index contributed by atoms with van der Waals surface area (Å²) in [7, 11) is 0. The summed E-state index contributed by atoms with van der Waals surface area (Å²) < 4.78 is 0. The molecule has 0 aliphatic carbocycles. The Kier molecular flexibility index (Phi) is 6.52. The average Bonchev–Trinajstić information content (AvgIpc) is 3.12. The van der Waals surface area contributed by atoms with E-state index in [1.54, 1.807) is 0 Å². The lowest BCUT2D eigenvalue weighted by Crippen LogP contribution is -2.51. The van der Waals surface area contributed by atoms with Crippen LogP contribution in [0, 0.1) is 0 Å². The molecule has 1 saturated heterocycles. The second kappa shape index (κ2) is 8.87. The van der Waals surface area contributed by atoms with Gasteiger partial charge in [0.1, 0.15) is 0 Å². The largest absolute Gasteiger partial charge is 0.353 e. The summed E-state index contributed by atoms with van der Waals surface area (Å²) in [4.78, 5) is 30.4. The Morgan fingerprint density at radius 2 is 1.74 bits per heavy atom. The van der Waals surface area contributed by atoms with Crippen LogP contribution >= 0.6 is 22.9 Å². The lowest BCUT2D eigenvalue weighted by molar-refractivity contribution is -0.123. The standard InChI is InChI=1S/C20H24ClN3O2S/c1-14(2)22-19(25)13-23-9-11-24(12-10-23)20(26)18-8-7-17(27-18)15-3-5-16(21)6-4-15/h3-8,14H,9-13H2,1-2H3,(H,22,25). The maximum absolute atomic E-state index is 12.8. The van der Waals surface area contributed by atoms with E-state index in [0.29, 0.717) is 37.7 Å². The van der Waals surface area contributed by atoms with Crippen molar-refractivity contribution < 1.29 is 9.59 Å². The molecule has 2 aromatic rings. The maximum Gasteiger partial charge on any atom is 0.264 e. The smallest absolute Gasteiger partial charge is 0.264 e. The third-order valence-electron chi connectivity index (χ3n) is 4.42. The zero-order valence-corrected chi connectivity index (χ0v) is 17.1. The summed E-state index contributed by atoms with van der Waals surface area (Å²) in [6, 6.07) is 11.6. The summed E-state index contributed by atoms with van der Waals surface area (Å²) in [5.41, 5.74) is 1.06. The van der Waals surface area contributed by atoms with E-state index < -0.39 is 0 Å².